The van der Waals surface area contributed by atoms with E-state index in [2.05, 4.69) is 10.1 Å². The van der Waals surface area contributed by atoms with E-state index in [4.69, 9.17) is 5.73 Å². The first-order chi connectivity index (χ1) is 9.84. The highest BCUT2D eigenvalue weighted by atomic mass is 19.4. The van der Waals surface area contributed by atoms with E-state index in [0.29, 0.717) is 16.8 Å². The highest BCUT2D eigenvalue weighted by Gasteiger charge is 2.30. The van der Waals surface area contributed by atoms with Crippen LogP contribution in [0.2, 0.25) is 0 Å². The van der Waals surface area contributed by atoms with E-state index >= 15 is 0 Å². The van der Waals surface area contributed by atoms with E-state index in [1.165, 1.54) is 10.6 Å². The van der Waals surface area contributed by atoms with Crippen LogP contribution in [0.5, 0.6) is 0 Å². The van der Waals surface area contributed by atoms with Gasteiger partial charge in [0.1, 0.15) is 0 Å². The summed E-state index contributed by atoms with van der Waals surface area (Å²) in [7, 11) is 0. The number of aromatic nitrogens is 3. The molecule has 108 valence electrons. The topological polar surface area (TPSA) is 56.2 Å². The van der Waals surface area contributed by atoms with Crippen LogP contribution in [0.3, 0.4) is 0 Å². The monoisotopic (exact) mass is 292 g/mol. The maximum absolute atomic E-state index is 12.8. The van der Waals surface area contributed by atoms with Gasteiger partial charge in [0.25, 0.3) is 0 Å². The van der Waals surface area contributed by atoms with Crippen molar-refractivity contribution in [1.29, 1.82) is 0 Å². The summed E-state index contributed by atoms with van der Waals surface area (Å²) < 4.78 is 39.8. The first kappa shape index (κ1) is 13.4. The number of aryl methyl sites for hydroxylation is 1. The van der Waals surface area contributed by atoms with Crippen LogP contribution in [0.4, 0.5) is 19.1 Å². The van der Waals surface area contributed by atoms with Crippen molar-refractivity contribution in [2.75, 3.05) is 5.73 Å². The Morgan fingerprint density at radius 1 is 1.14 bits per heavy atom. The third-order valence-electron chi connectivity index (χ3n) is 3.16. The largest absolute Gasteiger partial charge is 0.416 e. The van der Waals surface area contributed by atoms with Crippen molar-refractivity contribution in [3.05, 3.63) is 47.7 Å². The second-order valence-electron chi connectivity index (χ2n) is 4.73. The lowest BCUT2D eigenvalue weighted by Crippen LogP contribution is -2.04. The molecule has 0 aliphatic rings. The van der Waals surface area contributed by atoms with E-state index in [9.17, 15) is 13.2 Å². The first-order valence-electron chi connectivity index (χ1n) is 6.15. The standard InChI is InChI=1S/C14H11F3N4/c1-8-5-10(7-21-12(8)19-13(18)20-21)9-3-2-4-11(6-9)14(15,16)17/h2-7H,1H3,(H2,18,20). The zero-order valence-electron chi connectivity index (χ0n) is 11.0. The minimum Gasteiger partial charge on any atom is -0.366 e. The van der Waals surface area contributed by atoms with Gasteiger partial charge in [-0.05, 0) is 36.2 Å². The molecular weight excluding hydrogens is 281 g/mol. The molecule has 0 atom stereocenters. The number of halogens is 3. The maximum Gasteiger partial charge on any atom is 0.416 e. The van der Waals surface area contributed by atoms with Crippen LogP contribution in [0.25, 0.3) is 16.8 Å². The molecular formula is C14H11F3N4. The fourth-order valence-electron chi connectivity index (χ4n) is 2.20. The van der Waals surface area contributed by atoms with Gasteiger partial charge < -0.3 is 5.73 Å². The average Bonchev–Trinajstić information content (AvgIpc) is 2.79. The molecule has 0 fully saturated rings. The van der Waals surface area contributed by atoms with E-state index in [1.54, 1.807) is 25.3 Å². The fourth-order valence-corrected chi connectivity index (χ4v) is 2.20. The molecule has 0 unspecified atom stereocenters. The number of hydrogen-bond donors (Lipinski definition) is 1. The molecule has 0 aliphatic carbocycles. The van der Waals surface area contributed by atoms with Crippen molar-refractivity contribution in [2.45, 2.75) is 13.1 Å². The molecule has 0 bridgehead atoms. The molecule has 0 radical (unpaired) electrons. The third-order valence-corrected chi connectivity index (χ3v) is 3.16. The van der Waals surface area contributed by atoms with Crippen LogP contribution in [0.15, 0.2) is 36.5 Å². The van der Waals surface area contributed by atoms with E-state index < -0.39 is 11.7 Å². The van der Waals surface area contributed by atoms with Crippen LogP contribution in [0, 0.1) is 6.92 Å². The van der Waals surface area contributed by atoms with Crippen molar-refractivity contribution in [3.8, 4) is 11.1 Å². The number of nitrogens with two attached hydrogens (primary N) is 1. The van der Waals surface area contributed by atoms with Gasteiger partial charge in [-0.25, -0.2) is 4.52 Å². The number of benzene rings is 1. The molecule has 0 saturated heterocycles. The average molecular weight is 292 g/mol. The molecule has 0 amide bonds. The van der Waals surface area contributed by atoms with Gasteiger partial charge in [0.05, 0.1) is 5.56 Å². The predicted molar refractivity (Wildman–Crippen MR) is 72.6 cm³/mol. The second-order valence-corrected chi connectivity index (χ2v) is 4.73. The summed E-state index contributed by atoms with van der Waals surface area (Å²) in [5, 5.41) is 3.99. The number of anilines is 1. The molecule has 0 aliphatic heterocycles. The number of pyridine rings is 1. The van der Waals surface area contributed by atoms with Crippen LogP contribution >= 0.6 is 0 Å². The van der Waals surface area contributed by atoms with Crippen LogP contribution < -0.4 is 5.73 Å². The predicted octanol–water partition coefficient (Wildman–Crippen LogP) is 3.31. The molecule has 2 N–H and O–H groups in total. The number of alkyl halides is 3. The Labute approximate surface area is 118 Å². The van der Waals surface area contributed by atoms with Crippen LogP contribution in [-0.2, 0) is 6.18 Å². The summed E-state index contributed by atoms with van der Waals surface area (Å²) >= 11 is 0. The number of nitrogen functional groups attached to an aromatic ring is 1. The molecule has 7 heteroatoms. The van der Waals surface area contributed by atoms with Gasteiger partial charge in [-0.3, -0.25) is 0 Å². The van der Waals surface area contributed by atoms with Gasteiger partial charge in [-0.15, -0.1) is 5.10 Å². The zero-order chi connectivity index (χ0) is 15.2. The van der Waals surface area contributed by atoms with Gasteiger partial charge in [0, 0.05) is 11.8 Å². The number of hydrogen-bond acceptors (Lipinski definition) is 3. The highest BCUT2D eigenvalue weighted by Crippen LogP contribution is 2.32. The number of nitrogens with zero attached hydrogens (tertiary/aromatic N) is 3. The van der Waals surface area contributed by atoms with Crippen molar-refractivity contribution in [2.24, 2.45) is 0 Å². The molecule has 2 aromatic heterocycles. The summed E-state index contributed by atoms with van der Waals surface area (Å²) in [4.78, 5) is 4.05. The summed E-state index contributed by atoms with van der Waals surface area (Å²) in [6.07, 6.45) is -2.76. The van der Waals surface area contributed by atoms with Crippen molar-refractivity contribution >= 4 is 11.6 Å². The molecule has 1 aromatic carbocycles. The van der Waals surface area contributed by atoms with E-state index in [1.807, 2.05) is 0 Å². The van der Waals surface area contributed by atoms with Crippen molar-refractivity contribution in [3.63, 3.8) is 0 Å². The van der Waals surface area contributed by atoms with Gasteiger partial charge >= 0.3 is 6.18 Å². The lowest BCUT2D eigenvalue weighted by Gasteiger charge is -2.09. The van der Waals surface area contributed by atoms with Gasteiger partial charge in [-0.2, -0.15) is 18.2 Å². The molecule has 21 heavy (non-hydrogen) atoms. The Kier molecular flexibility index (Phi) is 2.86. The number of rotatable bonds is 1. The smallest absolute Gasteiger partial charge is 0.366 e. The Bertz CT molecular complexity index is 821. The third kappa shape index (κ3) is 2.42. The first-order valence-corrected chi connectivity index (χ1v) is 6.15. The van der Waals surface area contributed by atoms with Crippen LogP contribution in [-0.4, -0.2) is 14.6 Å². The molecule has 3 rings (SSSR count). The Morgan fingerprint density at radius 2 is 1.90 bits per heavy atom. The quantitative estimate of drug-likeness (QED) is 0.748. The fraction of sp³-hybridized carbons (Fsp3) is 0.143. The van der Waals surface area contributed by atoms with Gasteiger partial charge in [0.2, 0.25) is 5.95 Å². The van der Waals surface area contributed by atoms with Crippen LogP contribution in [0.1, 0.15) is 11.1 Å². The minimum atomic E-state index is -4.37. The molecule has 3 aromatic rings. The van der Waals surface area contributed by atoms with E-state index in [-0.39, 0.29) is 5.95 Å². The SMILES string of the molecule is Cc1cc(-c2cccc(C(F)(F)F)c2)cn2nc(N)nc12. The summed E-state index contributed by atoms with van der Waals surface area (Å²) in [5.74, 6) is 0.124. The lowest BCUT2D eigenvalue weighted by atomic mass is 10.0. The summed E-state index contributed by atoms with van der Waals surface area (Å²) in [6, 6.07) is 6.92. The zero-order valence-corrected chi connectivity index (χ0v) is 11.0. The molecule has 2 heterocycles. The Morgan fingerprint density at radius 3 is 2.62 bits per heavy atom. The highest BCUT2D eigenvalue weighted by molar-refractivity contribution is 5.67. The normalized spacial score (nSPS) is 12.0. The molecule has 0 saturated carbocycles. The van der Waals surface area contributed by atoms with E-state index in [0.717, 1.165) is 17.7 Å². The molecule has 0 spiro atoms. The second kappa shape index (κ2) is 4.47. The number of fused-ring (bicyclic) bond motifs is 1. The van der Waals surface area contributed by atoms with Gasteiger partial charge in [0.15, 0.2) is 5.65 Å². The minimum absolute atomic E-state index is 0.124. The van der Waals surface area contributed by atoms with Crippen molar-refractivity contribution < 1.29 is 13.2 Å². The Hall–Kier alpha value is -2.57. The summed E-state index contributed by atoms with van der Waals surface area (Å²) in [6.45, 7) is 1.81. The van der Waals surface area contributed by atoms with Crippen molar-refractivity contribution in [1.82, 2.24) is 14.6 Å². The lowest BCUT2D eigenvalue weighted by molar-refractivity contribution is -0.137. The molecule has 4 nitrogen and oxygen atoms in total. The van der Waals surface area contributed by atoms with Gasteiger partial charge in [-0.1, -0.05) is 12.1 Å². The maximum atomic E-state index is 12.8. The summed E-state index contributed by atoms with van der Waals surface area (Å²) in [5.41, 5.74) is 7.31. The Balaban J connectivity index is 2.16.